The molecule has 0 bridgehead atoms. The molecule has 1 aromatic carbocycles. The number of carbonyl (C=O) groups is 2. The van der Waals surface area contributed by atoms with E-state index in [2.05, 4.69) is 5.10 Å². The second-order valence-corrected chi connectivity index (χ2v) is 5.57. The van der Waals surface area contributed by atoms with Crippen LogP contribution in [-0.4, -0.2) is 41.5 Å². The van der Waals surface area contributed by atoms with Crippen LogP contribution in [0.2, 0.25) is 0 Å². The number of benzene rings is 1. The molecule has 2 aromatic rings. The molecule has 3 heterocycles. The zero-order chi connectivity index (χ0) is 15.8. The molecule has 7 heteroatoms. The van der Waals surface area contributed by atoms with Gasteiger partial charge in [-0.25, -0.2) is 9.48 Å². The van der Waals surface area contributed by atoms with Crippen LogP contribution in [0.1, 0.15) is 5.56 Å². The molecule has 0 aliphatic carbocycles. The molecule has 0 saturated carbocycles. The lowest BCUT2D eigenvalue weighted by Gasteiger charge is -2.16. The van der Waals surface area contributed by atoms with E-state index >= 15 is 0 Å². The SMILES string of the molecule is O=C1OCCN1c1ccc(CC(=O)N2CCn3nccc32)cc1. The second kappa shape index (κ2) is 5.42. The highest BCUT2D eigenvalue weighted by Crippen LogP contribution is 2.22. The van der Waals surface area contributed by atoms with Gasteiger partial charge in [-0.2, -0.15) is 5.10 Å². The molecule has 1 saturated heterocycles. The Morgan fingerprint density at radius 3 is 2.70 bits per heavy atom. The van der Waals surface area contributed by atoms with Crippen LogP contribution < -0.4 is 9.80 Å². The molecule has 1 aromatic heterocycles. The summed E-state index contributed by atoms with van der Waals surface area (Å²) in [7, 11) is 0. The van der Waals surface area contributed by atoms with E-state index in [1.54, 1.807) is 16.0 Å². The third-order valence-electron chi connectivity index (χ3n) is 4.17. The van der Waals surface area contributed by atoms with Crippen molar-refractivity contribution in [3.05, 3.63) is 42.1 Å². The molecule has 2 aliphatic rings. The number of hydrogen-bond donors (Lipinski definition) is 0. The molecular formula is C16H16N4O3. The maximum Gasteiger partial charge on any atom is 0.414 e. The van der Waals surface area contributed by atoms with E-state index in [0.29, 0.717) is 26.1 Å². The monoisotopic (exact) mass is 312 g/mol. The van der Waals surface area contributed by atoms with Gasteiger partial charge in [0.1, 0.15) is 12.4 Å². The lowest BCUT2D eigenvalue weighted by molar-refractivity contribution is -0.117. The smallest absolute Gasteiger partial charge is 0.414 e. The fraction of sp³-hybridized carbons (Fsp3) is 0.312. The second-order valence-electron chi connectivity index (χ2n) is 5.57. The quantitative estimate of drug-likeness (QED) is 0.860. The summed E-state index contributed by atoms with van der Waals surface area (Å²) in [6.07, 6.45) is 1.72. The zero-order valence-electron chi connectivity index (χ0n) is 12.5. The number of fused-ring (bicyclic) bond motifs is 1. The summed E-state index contributed by atoms with van der Waals surface area (Å²) in [6, 6.07) is 9.32. The first-order valence-corrected chi connectivity index (χ1v) is 7.58. The lowest BCUT2D eigenvalue weighted by atomic mass is 10.1. The number of aromatic nitrogens is 2. The van der Waals surface area contributed by atoms with E-state index in [4.69, 9.17) is 4.74 Å². The highest BCUT2D eigenvalue weighted by molar-refractivity contribution is 5.94. The summed E-state index contributed by atoms with van der Waals surface area (Å²) < 4.78 is 6.76. The van der Waals surface area contributed by atoms with Crippen LogP contribution in [0.3, 0.4) is 0 Å². The van der Waals surface area contributed by atoms with Gasteiger partial charge in [-0.1, -0.05) is 12.1 Å². The van der Waals surface area contributed by atoms with Crippen molar-refractivity contribution in [1.82, 2.24) is 9.78 Å². The van der Waals surface area contributed by atoms with E-state index in [9.17, 15) is 9.59 Å². The number of nitrogens with zero attached hydrogens (tertiary/aromatic N) is 4. The maximum absolute atomic E-state index is 12.5. The largest absolute Gasteiger partial charge is 0.447 e. The summed E-state index contributed by atoms with van der Waals surface area (Å²) in [5, 5.41) is 4.17. The van der Waals surface area contributed by atoms with Crippen LogP contribution in [0.5, 0.6) is 0 Å². The highest BCUT2D eigenvalue weighted by atomic mass is 16.6. The van der Waals surface area contributed by atoms with Gasteiger partial charge in [0.15, 0.2) is 0 Å². The van der Waals surface area contributed by atoms with Crippen molar-refractivity contribution in [1.29, 1.82) is 0 Å². The molecule has 0 spiro atoms. The molecule has 23 heavy (non-hydrogen) atoms. The van der Waals surface area contributed by atoms with E-state index < -0.39 is 0 Å². The molecule has 118 valence electrons. The van der Waals surface area contributed by atoms with Crippen molar-refractivity contribution in [2.45, 2.75) is 13.0 Å². The minimum Gasteiger partial charge on any atom is -0.447 e. The molecule has 4 rings (SSSR count). The van der Waals surface area contributed by atoms with Crippen molar-refractivity contribution in [3.63, 3.8) is 0 Å². The first kappa shape index (κ1) is 13.8. The molecule has 7 nitrogen and oxygen atoms in total. The Labute approximate surface area is 133 Å². The van der Waals surface area contributed by atoms with Crippen molar-refractivity contribution >= 4 is 23.5 Å². The van der Waals surface area contributed by atoms with Crippen LogP contribution in [0.4, 0.5) is 16.3 Å². The third-order valence-corrected chi connectivity index (χ3v) is 4.17. The van der Waals surface area contributed by atoms with Crippen molar-refractivity contribution in [2.75, 3.05) is 29.5 Å². The predicted octanol–water partition coefficient (Wildman–Crippen LogP) is 1.43. The summed E-state index contributed by atoms with van der Waals surface area (Å²) in [4.78, 5) is 27.4. The topological polar surface area (TPSA) is 67.7 Å². The number of amides is 2. The molecular weight excluding hydrogens is 296 g/mol. The minimum atomic E-state index is -0.320. The first-order chi connectivity index (χ1) is 11.2. The predicted molar refractivity (Wildman–Crippen MR) is 83.4 cm³/mol. The fourth-order valence-electron chi connectivity index (χ4n) is 2.98. The summed E-state index contributed by atoms with van der Waals surface area (Å²) in [5.74, 6) is 0.906. The molecule has 2 aliphatic heterocycles. The van der Waals surface area contributed by atoms with Crippen LogP contribution in [0, 0.1) is 0 Å². The van der Waals surface area contributed by atoms with Gasteiger partial charge in [-0.15, -0.1) is 0 Å². The van der Waals surface area contributed by atoms with Gasteiger partial charge in [-0.3, -0.25) is 14.6 Å². The normalized spacial score (nSPS) is 16.6. The van der Waals surface area contributed by atoms with Gasteiger partial charge in [0, 0.05) is 18.3 Å². The summed E-state index contributed by atoms with van der Waals surface area (Å²) in [5.41, 5.74) is 1.72. The van der Waals surface area contributed by atoms with Gasteiger partial charge >= 0.3 is 6.09 Å². The van der Waals surface area contributed by atoms with E-state index in [1.807, 2.05) is 35.0 Å². The van der Waals surface area contributed by atoms with Gasteiger partial charge < -0.3 is 4.74 Å². The van der Waals surface area contributed by atoms with Crippen LogP contribution in [0.15, 0.2) is 36.5 Å². The van der Waals surface area contributed by atoms with E-state index in [-0.39, 0.29) is 12.0 Å². The number of cyclic esters (lactones) is 1. The Morgan fingerprint density at radius 2 is 1.96 bits per heavy atom. The maximum atomic E-state index is 12.5. The average molecular weight is 312 g/mol. The minimum absolute atomic E-state index is 0.0533. The Bertz CT molecular complexity index is 753. The Hall–Kier alpha value is -2.83. The summed E-state index contributed by atoms with van der Waals surface area (Å²) in [6.45, 7) is 2.39. The first-order valence-electron chi connectivity index (χ1n) is 7.58. The van der Waals surface area contributed by atoms with Gasteiger partial charge in [0.2, 0.25) is 5.91 Å². The van der Waals surface area contributed by atoms with Crippen molar-refractivity contribution in [2.24, 2.45) is 0 Å². The van der Waals surface area contributed by atoms with Crippen molar-refractivity contribution in [3.8, 4) is 0 Å². The Balaban J connectivity index is 1.45. The zero-order valence-corrected chi connectivity index (χ0v) is 12.5. The number of hydrogen-bond acceptors (Lipinski definition) is 4. The van der Waals surface area contributed by atoms with Crippen LogP contribution in [-0.2, 0) is 22.5 Å². The molecule has 0 radical (unpaired) electrons. The van der Waals surface area contributed by atoms with Crippen LogP contribution >= 0.6 is 0 Å². The highest BCUT2D eigenvalue weighted by Gasteiger charge is 2.26. The van der Waals surface area contributed by atoms with Gasteiger partial charge in [0.25, 0.3) is 0 Å². The standard InChI is InChI=1S/C16H16N4O3/c21-15(19-7-8-20-14(19)5-6-17-20)11-12-1-3-13(4-2-12)18-9-10-23-16(18)22/h1-6H,7-11H2. The molecule has 0 N–H and O–H groups in total. The average Bonchev–Trinajstić information content (AvgIpc) is 3.24. The molecule has 2 amide bonds. The van der Waals surface area contributed by atoms with E-state index in [0.717, 1.165) is 23.6 Å². The fourth-order valence-corrected chi connectivity index (χ4v) is 2.98. The van der Waals surface area contributed by atoms with Gasteiger partial charge in [0.05, 0.1) is 25.7 Å². The Morgan fingerprint density at radius 1 is 1.13 bits per heavy atom. The third kappa shape index (κ3) is 2.44. The molecule has 0 atom stereocenters. The molecule has 0 unspecified atom stereocenters. The van der Waals surface area contributed by atoms with Crippen LogP contribution in [0.25, 0.3) is 0 Å². The lowest BCUT2D eigenvalue weighted by Crippen LogP contribution is -2.30. The van der Waals surface area contributed by atoms with E-state index in [1.165, 1.54) is 0 Å². The number of ether oxygens (including phenoxy) is 1. The number of carbonyl (C=O) groups excluding carboxylic acids is 2. The summed E-state index contributed by atoms with van der Waals surface area (Å²) >= 11 is 0. The number of anilines is 2. The van der Waals surface area contributed by atoms with Gasteiger partial charge in [-0.05, 0) is 17.7 Å². The van der Waals surface area contributed by atoms with Crippen molar-refractivity contribution < 1.29 is 14.3 Å². The number of rotatable bonds is 3. The Kier molecular flexibility index (Phi) is 3.25. The molecule has 1 fully saturated rings.